The maximum Gasteiger partial charge on any atom is 0.224 e. The monoisotopic (exact) mass is 474 g/mol. The van der Waals surface area contributed by atoms with Crippen molar-refractivity contribution in [2.75, 3.05) is 19.6 Å². The summed E-state index contributed by atoms with van der Waals surface area (Å²) in [6, 6.07) is 13.2. The zero-order valence-corrected chi connectivity index (χ0v) is 21.4. The number of nitrogens with zero attached hydrogens (tertiary/aromatic N) is 3. The zero-order chi connectivity index (χ0) is 24.9. The molecule has 1 aromatic heterocycles. The minimum Gasteiger partial charge on any atom is -0.383 e. The number of aromatic nitrogens is 2. The fourth-order valence-corrected chi connectivity index (χ4v) is 6.03. The molecule has 35 heavy (non-hydrogen) atoms. The third-order valence-electron chi connectivity index (χ3n) is 8.01. The molecule has 1 aliphatic carbocycles. The lowest BCUT2D eigenvalue weighted by Gasteiger charge is -2.35. The Morgan fingerprint density at radius 2 is 1.86 bits per heavy atom. The highest BCUT2D eigenvalue weighted by molar-refractivity contribution is 5.81. The van der Waals surface area contributed by atoms with Crippen molar-refractivity contribution in [2.45, 2.75) is 70.9 Å². The molecule has 0 spiro atoms. The highest BCUT2D eigenvalue weighted by atomic mass is 16.3. The molecule has 2 aromatic carbocycles. The Morgan fingerprint density at radius 1 is 1.14 bits per heavy atom. The van der Waals surface area contributed by atoms with E-state index in [1.54, 1.807) is 0 Å². The number of benzene rings is 2. The molecule has 1 saturated heterocycles. The molecule has 186 valence electrons. The van der Waals surface area contributed by atoms with E-state index in [-0.39, 0.29) is 11.8 Å². The Bertz CT molecular complexity index is 1250. The van der Waals surface area contributed by atoms with Gasteiger partial charge in [-0.1, -0.05) is 24.3 Å². The molecule has 0 bridgehead atoms. The molecular weight excluding hydrogens is 436 g/mol. The maximum atomic E-state index is 11.6. The summed E-state index contributed by atoms with van der Waals surface area (Å²) in [7, 11) is 0. The summed E-state index contributed by atoms with van der Waals surface area (Å²) in [6.07, 6.45) is 4.29. The summed E-state index contributed by atoms with van der Waals surface area (Å²) in [6.45, 7) is 10.8. The predicted octanol–water partition coefficient (Wildman–Crippen LogP) is 4.21. The van der Waals surface area contributed by atoms with Gasteiger partial charge in [-0.15, -0.1) is 0 Å². The normalized spacial score (nSPS) is 20.3. The molecular formula is C29H38N4O2. The number of carbonyl (C=O) groups is 1. The van der Waals surface area contributed by atoms with Gasteiger partial charge in [0, 0.05) is 25.7 Å². The fraction of sp³-hybridized carbons (Fsp3) is 0.517. The largest absolute Gasteiger partial charge is 0.383 e. The molecule has 2 aliphatic rings. The van der Waals surface area contributed by atoms with Crippen molar-refractivity contribution in [3.63, 3.8) is 0 Å². The highest BCUT2D eigenvalue weighted by Gasteiger charge is 2.32. The van der Waals surface area contributed by atoms with Crippen LogP contribution in [0.2, 0.25) is 0 Å². The van der Waals surface area contributed by atoms with Gasteiger partial charge in [0.1, 0.15) is 11.4 Å². The number of piperidine rings is 1. The Hall–Kier alpha value is -2.70. The van der Waals surface area contributed by atoms with E-state index in [9.17, 15) is 9.90 Å². The van der Waals surface area contributed by atoms with Crippen molar-refractivity contribution < 1.29 is 9.90 Å². The standard InChI is InChI=1S/C29H38N4O2/c1-18-5-8-26-25(13-18)31-28(29(3,4)35)33(26)24-9-11-32(12-10-24)17-20-14-22-7-6-21(16-23(22)15-20)19(2)27(30)34/h5-8,13,16,19-20,24,35H,9-12,14-15,17H2,1-4H3,(H2,30,34)/t19?,20-/m1/s1. The van der Waals surface area contributed by atoms with Crippen LogP contribution in [0.1, 0.15) is 73.7 Å². The van der Waals surface area contributed by atoms with Crippen LogP contribution in [0.25, 0.3) is 11.0 Å². The second kappa shape index (κ2) is 9.07. The molecule has 0 saturated carbocycles. The topological polar surface area (TPSA) is 84.4 Å². The van der Waals surface area contributed by atoms with Crippen molar-refractivity contribution in [1.82, 2.24) is 14.5 Å². The number of aryl methyl sites for hydroxylation is 1. The number of hydrogen-bond acceptors (Lipinski definition) is 4. The van der Waals surface area contributed by atoms with Gasteiger partial charge >= 0.3 is 0 Å². The summed E-state index contributed by atoms with van der Waals surface area (Å²) in [5.41, 5.74) is 11.6. The Morgan fingerprint density at radius 3 is 2.54 bits per heavy atom. The number of imidazole rings is 1. The second-order valence-electron chi connectivity index (χ2n) is 11.3. The van der Waals surface area contributed by atoms with E-state index in [4.69, 9.17) is 10.7 Å². The van der Waals surface area contributed by atoms with E-state index in [1.165, 1.54) is 16.7 Å². The van der Waals surface area contributed by atoms with E-state index in [2.05, 4.69) is 52.8 Å². The summed E-state index contributed by atoms with van der Waals surface area (Å²) in [5.74, 6) is 0.875. The molecule has 1 unspecified atom stereocenters. The smallest absolute Gasteiger partial charge is 0.224 e. The predicted molar refractivity (Wildman–Crippen MR) is 139 cm³/mol. The molecule has 6 nitrogen and oxygen atoms in total. The minimum absolute atomic E-state index is 0.240. The number of fused-ring (bicyclic) bond motifs is 2. The van der Waals surface area contributed by atoms with Crippen molar-refractivity contribution in [1.29, 1.82) is 0 Å². The van der Waals surface area contributed by atoms with Crippen molar-refractivity contribution in [3.05, 3.63) is 64.5 Å². The summed E-state index contributed by atoms with van der Waals surface area (Å²) < 4.78 is 2.30. The Kier molecular flexibility index (Phi) is 6.22. The number of hydrogen-bond donors (Lipinski definition) is 2. The highest BCUT2D eigenvalue weighted by Crippen LogP contribution is 2.35. The maximum absolute atomic E-state index is 11.6. The quantitative estimate of drug-likeness (QED) is 0.560. The van der Waals surface area contributed by atoms with Crippen LogP contribution in [0.5, 0.6) is 0 Å². The minimum atomic E-state index is -0.982. The first kappa shape index (κ1) is 24.0. The van der Waals surface area contributed by atoms with Crippen LogP contribution in [0.3, 0.4) is 0 Å². The number of likely N-dealkylation sites (tertiary alicyclic amines) is 1. The van der Waals surface area contributed by atoms with E-state index in [1.807, 2.05) is 20.8 Å². The molecule has 1 amide bonds. The Balaban J connectivity index is 1.25. The number of primary amides is 1. The van der Waals surface area contributed by atoms with Crippen LogP contribution in [0.4, 0.5) is 0 Å². The molecule has 1 aliphatic heterocycles. The first-order chi connectivity index (χ1) is 16.6. The van der Waals surface area contributed by atoms with Gasteiger partial charge in [0.25, 0.3) is 0 Å². The lowest BCUT2D eigenvalue weighted by Crippen LogP contribution is -2.39. The van der Waals surface area contributed by atoms with Gasteiger partial charge in [0.15, 0.2) is 0 Å². The molecule has 3 N–H and O–H groups in total. The van der Waals surface area contributed by atoms with E-state index >= 15 is 0 Å². The number of aliphatic hydroxyl groups is 1. The van der Waals surface area contributed by atoms with Gasteiger partial charge in [-0.2, -0.15) is 0 Å². The third kappa shape index (κ3) is 4.74. The van der Waals surface area contributed by atoms with Gasteiger partial charge in [-0.25, -0.2) is 4.98 Å². The first-order valence-corrected chi connectivity index (χ1v) is 12.9. The van der Waals surface area contributed by atoms with Crippen LogP contribution in [-0.4, -0.2) is 45.1 Å². The first-order valence-electron chi connectivity index (χ1n) is 12.9. The molecule has 3 aromatic rings. The second-order valence-corrected chi connectivity index (χ2v) is 11.3. The van der Waals surface area contributed by atoms with E-state index in [0.717, 1.165) is 67.7 Å². The number of rotatable bonds is 6. The summed E-state index contributed by atoms with van der Waals surface area (Å²) in [4.78, 5) is 19.0. The summed E-state index contributed by atoms with van der Waals surface area (Å²) in [5, 5.41) is 10.9. The Labute approximate surface area is 208 Å². The van der Waals surface area contributed by atoms with Crippen LogP contribution in [-0.2, 0) is 23.2 Å². The lowest BCUT2D eigenvalue weighted by molar-refractivity contribution is -0.119. The van der Waals surface area contributed by atoms with E-state index < -0.39 is 5.60 Å². The lowest BCUT2D eigenvalue weighted by atomic mass is 9.97. The summed E-state index contributed by atoms with van der Waals surface area (Å²) >= 11 is 0. The number of nitrogens with two attached hydrogens (primary N) is 1. The van der Waals surface area contributed by atoms with Gasteiger partial charge in [0.2, 0.25) is 5.91 Å². The zero-order valence-electron chi connectivity index (χ0n) is 21.4. The third-order valence-corrected chi connectivity index (χ3v) is 8.01. The number of amides is 1. The molecule has 0 radical (unpaired) electrons. The van der Waals surface area contributed by atoms with Crippen molar-refractivity contribution in [2.24, 2.45) is 11.7 Å². The van der Waals surface area contributed by atoms with Crippen LogP contribution in [0, 0.1) is 12.8 Å². The van der Waals surface area contributed by atoms with Gasteiger partial charge in [-0.3, -0.25) is 4.79 Å². The molecule has 6 heteroatoms. The molecule has 5 rings (SSSR count). The molecule has 2 heterocycles. The van der Waals surface area contributed by atoms with Crippen LogP contribution < -0.4 is 5.73 Å². The van der Waals surface area contributed by atoms with Gasteiger partial charge in [0.05, 0.1) is 17.0 Å². The average molecular weight is 475 g/mol. The SMILES string of the molecule is Cc1ccc2c(c1)nc(C(C)(C)O)n2C1CCN(C[C@@H]2Cc3ccc(C(C)C(N)=O)cc3C2)CC1. The van der Waals surface area contributed by atoms with Crippen molar-refractivity contribution in [3.8, 4) is 0 Å². The fourth-order valence-electron chi connectivity index (χ4n) is 6.03. The van der Waals surface area contributed by atoms with Crippen LogP contribution >= 0.6 is 0 Å². The van der Waals surface area contributed by atoms with Gasteiger partial charge in [-0.05, 0) is 93.7 Å². The van der Waals surface area contributed by atoms with E-state index in [0.29, 0.717) is 12.0 Å². The average Bonchev–Trinajstić information content (AvgIpc) is 3.39. The van der Waals surface area contributed by atoms with Gasteiger partial charge < -0.3 is 20.3 Å². The molecule has 2 atom stereocenters. The van der Waals surface area contributed by atoms with Crippen LogP contribution in [0.15, 0.2) is 36.4 Å². The number of carbonyl (C=O) groups excluding carboxylic acids is 1. The molecule has 1 fully saturated rings. The van der Waals surface area contributed by atoms with Crippen molar-refractivity contribution >= 4 is 16.9 Å².